The molecule has 200 valence electrons. The molecule has 8 heteroatoms. The van der Waals surface area contributed by atoms with E-state index >= 15 is 0 Å². The summed E-state index contributed by atoms with van der Waals surface area (Å²) in [6, 6.07) is 7.62. The number of carbonyl (C=O) groups excluding carboxylic acids is 2. The molecule has 1 fully saturated rings. The van der Waals surface area contributed by atoms with E-state index in [1.54, 1.807) is 36.9 Å². The molecule has 3 atom stereocenters. The summed E-state index contributed by atoms with van der Waals surface area (Å²) in [5.74, 6) is 0.566. The van der Waals surface area contributed by atoms with Crippen molar-refractivity contribution in [2.45, 2.75) is 57.4 Å². The van der Waals surface area contributed by atoms with Crippen LogP contribution in [-0.4, -0.2) is 77.0 Å². The number of likely N-dealkylation sites (tertiary alicyclic amines) is 1. The number of nitrogens with zero attached hydrogens (tertiary/aromatic N) is 3. The van der Waals surface area contributed by atoms with Gasteiger partial charge in [0.15, 0.2) is 0 Å². The quantitative estimate of drug-likeness (QED) is 0.351. The molecule has 5 rings (SSSR count). The Morgan fingerprint density at radius 3 is 2.38 bits per heavy atom. The molecule has 2 heterocycles. The number of hydrogen-bond acceptors (Lipinski definition) is 4. The van der Waals surface area contributed by atoms with Crippen LogP contribution in [0.2, 0.25) is 0 Å². The normalized spacial score (nSPS) is 24.6. The molecule has 0 saturated carbocycles. The third kappa shape index (κ3) is 5.48. The first kappa shape index (κ1) is 27.4. The highest BCUT2D eigenvalue weighted by molar-refractivity contribution is 6.21. The molecule has 3 unspecified atom stereocenters. The number of rotatable bonds is 9. The zero-order valence-electron chi connectivity index (χ0n) is 21.6. The first-order valence-electron chi connectivity index (χ1n) is 13.5. The Balaban J connectivity index is 0.00000320. The van der Waals surface area contributed by atoms with Crippen molar-refractivity contribution in [3.63, 3.8) is 0 Å². The molecule has 1 aromatic rings. The third-order valence-corrected chi connectivity index (χ3v) is 8.63. The van der Waals surface area contributed by atoms with Crippen LogP contribution in [0.3, 0.4) is 0 Å². The highest BCUT2D eigenvalue weighted by Crippen LogP contribution is 2.45. The molecule has 7 nitrogen and oxygen atoms in total. The molecule has 37 heavy (non-hydrogen) atoms. The number of carbonyl (C=O) groups is 3. The fraction of sp³-hybridized carbons (Fsp3) is 0.552. The van der Waals surface area contributed by atoms with Gasteiger partial charge in [0.05, 0.1) is 11.1 Å². The number of fused-ring (bicyclic) bond motifs is 3. The lowest BCUT2D eigenvalue weighted by molar-refractivity contribution is 0.0651. The van der Waals surface area contributed by atoms with Crippen molar-refractivity contribution in [3.8, 4) is 0 Å². The summed E-state index contributed by atoms with van der Waals surface area (Å²) in [7, 11) is 1.68. The van der Waals surface area contributed by atoms with Crippen LogP contribution in [0.25, 0.3) is 0 Å². The van der Waals surface area contributed by atoms with Crippen molar-refractivity contribution in [2.75, 3.05) is 33.2 Å². The summed E-state index contributed by atoms with van der Waals surface area (Å²) in [6.07, 6.45) is 12.2. The Morgan fingerprint density at radius 2 is 1.70 bits per heavy atom. The number of carboxylic acid groups (broad SMARTS) is 1. The standard InChI is InChI=1S/C29H37N3O4.ClH/c1-30(29(35)36)19-20-9-8-12-22-21(20)13-14-26-23(22)15-18-31(26)16-6-2-3-7-17-32-27(33)24-10-4-5-11-25(24)28(32)34;/h4-5,8,10-12,20-21,26H,2-3,6-7,9,13-19H2,1H3,(H,35,36);1H. The predicted octanol–water partition coefficient (Wildman–Crippen LogP) is 5.23. The second kappa shape index (κ2) is 11.8. The fourth-order valence-corrected chi connectivity index (χ4v) is 6.77. The lowest BCUT2D eigenvalue weighted by atomic mass is 9.70. The maximum atomic E-state index is 12.5. The van der Waals surface area contributed by atoms with Gasteiger partial charge in [-0.1, -0.05) is 37.1 Å². The number of allylic oxidation sites excluding steroid dienone is 3. The molecule has 0 aromatic heterocycles. The van der Waals surface area contributed by atoms with Crippen molar-refractivity contribution in [1.82, 2.24) is 14.7 Å². The van der Waals surface area contributed by atoms with Crippen molar-refractivity contribution >= 4 is 30.3 Å². The first-order valence-corrected chi connectivity index (χ1v) is 13.5. The van der Waals surface area contributed by atoms with Gasteiger partial charge in [-0.15, -0.1) is 12.4 Å². The minimum Gasteiger partial charge on any atom is -0.465 e. The number of hydrogen-bond donors (Lipinski definition) is 1. The van der Waals surface area contributed by atoms with Gasteiger partial charge in [0.2, 0.25) is 0 Å². The molecular formula is C29H38ClN3O4. The van der Waals surface area contributed by atoms with E-state index in [4.69, 9.17) is 0 Å². The Labute approximate surface area is 225 Å². The van der Waals surface area contributed by atoms with Crippen LogP contribution in [0.5, 0.6) is 0 Å². The first-order chi connectivity index (χ1) is 17.5. The molecule has 1 aromatic carbocycles. The van der Waals surface area contributed by atoms with E-state index in [2.05, 4.69) is 17.1 Å². The van der Waals surface area contributed by atoms with Crippen LogP contribution < -0.4 is 0 Å². The number of amides is 3. The second-order valence-electron chi connectivity index (χ2n) is 10.7. The number of unbranched alkanes of at least 4 members (excludes halogenated alkanes) is 3. The maximum absolute atomic E-state index is 12.5. The number of halogens is 1. The van der Waals surface area contributed by atoms with Gasteiger partial charge in [0, 0.05) is 32.7 Å². The summed E-state index contributed by atoms with van der Waals surface area (Å²) < 4.78 is 0. The van der Waals surface area contributed by atoms with E-state index in [0.717, 1.165) is 58.0 Å². The van der Waals surface area contributed by atoms with Crippen LogP contribution >= 0.6 is 12.4 Å². The highest BCUT2D eigenvalue weighted by Gasteiger charge is 2.40. The number of imide groups is 1. The fourth-order valence-electron chi connectivity index (χ4n) is 6.77. The van der Waals surface area contributed by atoms with Gasteiger partial charge in [-0.3, -0.25) is 19.4 Å². The average Bonchev–Trinajstić information content (AvgIpc) is 3.40. The van der Waals surface area contributed by atoms with E-state index in [1.165, 1.54) is 21.8 Å². The van der Waals surface area contributed by atoms with E-state index in [1.807, 2.05) is 0 Å². The van der Waals surface area contributed by atoms with Crippen molar-refractivity contribution in [3.05, 3.63) is 58.7 Å². The van der Waals surface area contributed by atoms with Crippen molar-refractivity contribution < 1.29 is 19.5 Å². The van der Waals surface area contributed by atoms with Gasteiger partial charge in [-0.05, 0) is 80.2 Å². The van der Waals surface area contributed by atoms with Gasteiger partial charge in [-0.2, -0.15) is 0 Å². The predicted molar refractivity (Wildman–Crippen MR) is 145 cm³/mol. The molecule has 4 aliphatic rings. The Bertz CT molecular complexity index is 1070. The maximum Gasteiger partial charge on any atom is 0.407 e. The molecule has 1 N–H and O–H groups in total. The van der Waals surface area contributed by atoms with E-state index < -0.39 is 6.09 Å². The summed E-state index contributed by atoms with van der Waals surface area (Å²) >= 11 is 0. The highest BCUT2D eigenvalue weighted by atomic mass is 35.5. The lowest BCUT2D eigenvalue weighted by Gasteiger charge is -2.40. The minimum absolute atomic E-state index is 0. The molecule has 2 aliphatic heterocycles. The monoisotopic (exact) mass is 527 g/mol. The average molecular weight is 528 g/mol. The third-order valence-electron chi connectivity index (χ3n) is 8.63. The SMILES string of the molecule is CN(CC1CC=CC2=C3CCN(CCCCCCN4C(=O)c5ccccc5C4=O)C3CCC21)C(=O)O.Cl. The van der Waals surface area contributed by atoms with Crippen LogP contribution in [0.1, 0.15) is 72.1 Å². The number of benzene rings is 1. The topological polar surface area (TPSA) is 81.2 Å². The molecule has 2 aliphatic carbocycles. The molecule has 0 radical (unpaired) electrons. The van der Waals surface area contributed by atoms with Gasteiger partial charge in [0.1, 0.15) is 0 Å². The summed E-state index contributed by atoms with van der Waals surface area (Å²) in [5, 5.41) is 9.30. The largest absolute Gasteiger partial charge is 0.465 e. The zero-order chi connectivity index (χ0) is 25.2. The van der Waals surface area contributed by atoms with Gasteiger partial charge in [0.25, 0.3) is 11.8 Å². The zero-order valence-corrected chi connectivity index (χ0v) is 22.4. The van der Waals surface area contributed by atoms with Crippen molar-refractivity contribution in [2.24, 2.45) is 11.8 Å². The summed E-state index contributed by atoms with van der Waals surface area (Å²) in [6.45, 7) is 3.31. The molecule has 3 amide bonds. The van der Waals surface area contributed by atoms with E-state index in [9.17, 15) is 19.5 Å². The van der Waals surface area contributed by atoms with E-state index in [0.29, 0.717) is 42.1 Å². The van der Waals surface area contributed by atoms with E-state index in [-0.39, 0.29) is 24.2 Å². The van der Waals surface area contributed by atoms with Gasteiger partial charge in [-0.25, -0.2) is 4.79 Å². The Kier molecular flexibility index (Phi) is 8.75. The Morgan fingerprint density at radius 1 is 1.03 bits per heavy atom. The summed E-state index contributed by atoms with van der Waals surface area (Å²) in [4.78, 5) is 41.8. The lowest BCUT2D eigenvalue weighted by Crippen LogP contribution is -2.39. The van der Waals surface area contributed by atoms with Gasteiger partial charge >= 0.3 is 6.09 Å². The van der Waals surface area contributed by atoms with Crippen LogP contribution in [0.4, 0.5) is 4.79 Å². The van der Waals surface area contributed by atoms with Crippen LogP contribution in [-0.2, 0) is 0 Å². The van der Waals surface area contributed by atoms with Crippen LogP contribution in [0.15, 0.2) is 47.6 Å². The van der Waals surface area contributed by atoms with Gasteiger partial charge < -0.3 is 10.0 Å². The molecular weight excluding hydrogens is 490 g/mol. The smallest absolute Gasteiger partial charge is 0.407 e. The molecule has 1 saturated heterocycles. The second-order valence-corrected chi connectivity index (χ2v) is 10.7. The molecule has 0 bridgehead atoms. The summed E-state index contributed by atoms with van der Waals surface area (Å²) in [5.41, 5.74) is 4.15. The van der Waals surface area contributed by atoms with Crippen LogP contribution in [0, 0.1) is 11.8 Å². The Hall–Kier alpha value is -2.64. The minimum atomic E-state index is -0.844. The molecule has 0 spiro atoms. The van der Waals surface area contributed by atoms with Crippen molar-refractivity contribution in [1.29, 1.82) is 0 Å².